The summed E-state index contributed by atoms with van der Waals surface area (Å²) in [5.41, 5.74) is 0.307. The van der Waals surface area contributed by atoms with Gasteiger partial charge in [0.15, 0.2) is 0 Å². The van der Waals surface area contributed by atoms with E-state index in [1.807, 2.05) is 0 Å². The van der Waals surface area contributed by atoms with E-state index in [9.17, 15) is 22.7 Å². The molecule has 0 saturated heterocycles. The lowest BCUT2D eigenvalue weighted by atomic mass is 10.1. The molecule has 9 heteroatoms. The van der Waals surface area contributed by atoms with Crippen molar-refractivity contribution in [2.45, 2.75) is 24.0 Å². The van der Waals surface area contributed by atoms with Gasteiger partial charge < -0.3 is 15.2 Å². The lowest BCUT2D eigenvalue weighted by Crippen LogP contribution is -2.45. The summed E-state index contributed by atoms with van der Waals surface area (Å²) in [6.07, 6.45) is -1.12. The second kappa shape index (κ2) is 8.94. The Kier molecular flexibility index (Phi) is 6.89. The van der Waals surface area contributed by atoms with Gasteiger partial charge in [-0.15, -0.1) is 0 Å². The molecule has 0 saturated carbocycles. The van der Waals surface area contributed by atoms with E-state index in [1.54, 1.807) is 0 Å². The van der Waals surface area contributed by atoms with Crippen molar-refractivity contribution >= 4 is 15.9 Å². The quantitative estimate of drug-likeness (QED) is 0.625. The van der Waals surface area contributed by atoms with Crippen molar-refractivity contribution in [3.63, 3.8) is 0 Å². The molecule has 7 nitrogen and oxygen atoms in total. The minimum atomic E-state index is -3.90. The van der Waals surface area contributed by atoms with Gasteiger partial charge in [0.2, 0.25) is 15.9 Å². The summed E-state index contributed by atoms with van der Waals surface area (Å²) in [7, 11) is -2.44. The normalized spacial score (nSPS) is 13.6. The third kappa shape index (κ3) is 5.75. The number of aliphatic hydroxyl groups is 1. The van der Waals surface area contributed by atoms with Gasteiger partial charge in [-0.05, 0) is 48.9 Å². The summed E-state index contributed by atoms with van der Waals surface area (Å²) in [6, 6.07) is 10.0. The van der Waals surface area contributed by atoms with Crippen LogP contribution in [0.1, 0.15) is 18.6 Å². The van der Waals surface area contributed by atoms with Crippen molar-refractivity contribution in [1.82, 2.24) is 10.0 Å². The molecule has 0 fully saturated rings. The smallest absolute Gasteiger partial charge is 0.241 e. The first-order valence-electron chi connectivity index (χ1n) is 8.10. The third-order valence-electron chi connectivity index (χ3n) is 3.80. The van der Waals surface area contributed by atoms with Gasteiger partial charge in [-0.1, -0.05) is 12.1 Å². The fourth-order valence-electron chi connectivity index (χ4n) is 2.29. The molecule has 1 unspecified atom stereocenters. The average molecular weight is 396 g/mol. The molecule has 0 bridgehead atoms. The SMILES string of the molecule is COc1ccc(S(=O)(=O)N[C@@H](C)C(=O)NCC(O)c2cccc(F)c2)cc1. The zero-order valence-electron chi connectivity index (χ0n) is 14.8. The largest absolute Gasteiger partial charge is 0.497 e. The van der Waals surface area contributed by atoms with Crippen LogP contribution < -0.4 is 14.8 Å². The van der Waals surface area contributed by atoms with Gasteiger partial charge >= 0.3 is 0 Å². The first-order valence-corrected chi connectivity index (χ1v) is 9.59. The van der Waals surface area contributed by atoms with Crippen molar-refractivity contribution in [2.75, 3.05) is 13.7 Å². The van der Waals surface area contributed by atoms with E-state index < -0.39 is 33.9 Å². The van der Waals surface area contributed by atoms with Gasteiger partial charge in [0.1, 0.15) is 11.6 Å². The number of aliphatic hydroxyl groups excluding tert-OH is 1. The Morgan fingerprint density at radius 3 is 2.48 bits per heavy atom. The molecule has 0 radical (unpaired) electrons. The minimum Gasteiger partial charge on any atom is -0.497 e. The summed E-state index contributed by atoms with van der Waals surface area (Å²) < 4.78 is 45.0. The first-order chi connectivity index (χ1) is 12.7. The standard InChI is InChI=1S/C18H21FN2O5S/c1-12(21-27(24,25)16-8-6-15(26-2)7-9-16)18(23)20-11-17(22)13-4-3-5-14(19)10-13/h3-10,12,17,21-22H,11H2,1-2H3,(H,20,23)/t12-,17?/m0/s1. The molecule has 0 spiro atoms. The Bertz CT molecular complexity index is 887. The van der Waals surface area contributed by atoms with E-state index in [0.29, 0.717) is 11.3 Å². The summed E-state index contributed by atoms with van der Waals surface area (Å²) in [5, 5.41) is 12.4. The number of sulfonamides is 1. The summed E-state index contributed by atoms with van der Waals surface area (Å²) >= 11 is 0. The summed E-state index contributed by atoms with van der Waals surface area (Å²) in [6.45, 7) is 1.20. The van der Waals surface area contributed by atoms with Crippen LogP contribution in [0.2, 0.25) is 0 Å². The lowest BCUT2D eigenvalue weighted by Gasteiger charge is -2.17. The second-order valence-corrected chi connectivity index (χ2v) is 7.55. The van der Waals surface area contributed by atoms with Crippen molar-refractivity contribution in [3.05, 3.63) is 59.9 Å². The highest BCUT2D eigenvalue weighted by Gasteiger charge is 2.22. The maximum atomic E-state index is 13.2. The van der Waals surface area contributed by atoms with Gasteiger partial charge in [-0.2, -0.15) is 4.72 Å². The van der Waals surface area contributed by atoms with Gasteiger partial charge in [0.05, 0.1) is 24.2 Å². The maximum absolute atomic E-state index is 13.2. The Morgan fingerprint density at radius 2 is 1.89 bits per heavy atom. The second-order valence-electron chi connectivity index (χ2n) is 5.83. The molecule has 3 N–H and O–H groups in total. The fraction of sp³-hybridized carbons (Fsp3) is 0.278. The van der Waals surface area contributed by atoms with E-state index in [1.165, 1.54) is 56.5 Å². The van der Waals surface area contributed by atoms with Crippen LogP contribution in [0.4, 0.5) is 4.39 Å². The number of ether oxygens (including phenoxy) is 1. The zero-order valence-corrected chi connectivity index (χ0v) is 15.7. The van der Waals surface area contributed by atoms with Crippen LogP contribution in [0, 0.1) is 5.82 Å². The van der Waals surface area contributed by atoms with Crippen molar-refractivity contribution in [1.29, 1.82) is 0 Å². The van der Waals surface area contributed by atoms with E-state index in [4.69, 9.17) is 4.74 Å². The number of nitrogens with one attached hydrogen (secondary N) is 2. The Hall–Kier alpha value is -2.49. The number of methoxy groups -OCH3 is 1. The molecule has 146 valence electrons. The lowest BCUT2D eigenvalue weighted by molar-refractivity contribution is -0.122. The van der Waals surface area contributed by atoms with Gasteiger partial charge in [-0.3, -0.25) is 4.79 Å². The van der Waals surface area contributed by atoms with E-state index in [-0.39, 0.29) is 11.4 Å². The average Bonchev–Trinajstić information content (AvgIpc) is 2.65. The van der Waals surface area contributed by atoms with Crippen LogP contribution >= 0.6 is 0 Å². The zero-order chi connectivity index (χ0) is 20.0. The number of benzene rings is 2. The Morgan fingerprint density at radius 1 is 1.22 bits per heavy atom. The van der Waals surface area contributed by atoms with Crippen LogP contribution in [0.25, 0.3) is 0 Å². The molecule has 0 aliphatic heterocycles. The molecule has 2 rings (SSSR count). The number of carbonyl (C=O) groups excluding carboxylic acids is 1. The highest BCUT2D eigenvalue weighted by atomic mass is 32.2. The van der Waals surface area contributed by atoms with E-state index in [2.05, 4.69) is 10.0 Å². The number of carbonyl (C=O) groups is 1. The molecular weight excluding hydrogens is 375 g/mol. The summed E-state index contributed by atoms with van der Waals surface area (Å²) in [4.78, 5) is 12.1. The molecular formula is C18H21FN2O5S. The van der Waals surface area contributed by atoms with Crippen molar-refractivity contribution < 1.29 is 27.4 Å². The third-order valence-corrected chi connectivity index (χ3v) is 5.35. The predicted octanol–water partition coefficient (Wildman–Crippen LogP) is 1.35. The molecule has 0 aliphatic carbocycles. The number of rotatable bonds is 8. The van der Waals surface area contributed by atoms with Crippen LogP contribution in [0.15, 0.2) is 53.4 Å². The van der Waals surface area contributed by atoms with E-state index >= 15 is 0 Å². The van der Waals surface area contributed by atoms with Crippen molar-refractivity contribution in [2.24, 2.45) is 0 Å². The highest BCUT2D eigenvalue weighted by Crippen LogP contribution is 2.16. The molecule has 2 atom stereocenters. The molecule has 0 aromatic heterocycles. The molecule has 2 aromatic carbocycles. The van der Waals surface area contributed by atoms with Crippen molar-refractivity contribution in [3.8, 4) is 5.75 Å². The van der Waals surface area contributed by atoms with Crippen LogP contribution in [0.5, 0.6) is 5.75 Å². The predicted molar refractivity (Wildman–Crippen MR) is 97.1 cm³/mol. The molecule has 1 amide bonds. The van der Waals surface area contributed by atoms with Gasteiger partial charge in [0.25, 0.3) is 0 Å². The monoisotopic (exact) mass is 396 g/mol. The number of hydrogen-bond acceptors (Lipinski definition) is 5. The number of amides is 1. The minimum absolute atomic E-state index is 0.0113. The number of hydrogen-bond donors (Lipinski definition) is 3. The molecule has 0 aliphatic rings. The fourth-order valence-corrected chi connectivity index (χ4v) is 3.49. The van der Waals surface area contributed by atoms with Gasteiger partial charge in [-0.25, -0.2) is 12.8 Å². The Labute approximate surface area is 157 Å². The van der Waals surface area contributed by atoms with Crippen LogP contribution in [-0.2, 0) is 14.8 Å². The summed E-state index contributed by atoms with van der Waals surface area (Å²) in [5.74, 6) is -0.618. The number of halogens is 1. The maximum Gasteiger partial charge on any atom is 0.241 e. The Balaban J connectivity index is 1.94. The highest BCUT2D eigenvalue weighted by molar-refractivity contribution is 7.89. The van der Waals surface area contributed by atoms with Crippen LogP contribution in [-0.4, -0.2) is 39.1 Å². The topological polar surface area (TPSA) is 105 Å². The van der Waals surface area contributed by atoms with Crippen LogP contribution in [0.3, 0.4) is 0 Å². The van der Waals surface area contributed by atoms with Gasteiger partial charge in [0, 0.05) is 6.54 Å². The molecule has 27 heavy (non-hydrogen) atoms. The molecule has 0 heterocycles. The molecule has 2 aromatic rings. The van der Waals surface area contributed by atoms with E-state index in [0.717, 1.165) is 6.07 Å². The first kappa shape index (κ1) is 20.8.